The summed E-state index contributed by atoms with van der Waals surface area (Å²) in [6.45, 7) is 11.9. The van der Waals surface area contributed by atoms with E-state index >= 15 is 0 Å². The number of fused-ring (bicyclic) bond motifs is 5. The minimum absolute atomic E-state index is 0.600. The van der Waals surface area contributed by atoms with Crippen LogP contribution in [0.1, 0.15) is 44.1 Å². The van der Waals surface area contributed by atoms with Crippen molar-refractivity contribution in [2.75, 3.05) is 31.1 Å². The van der Waals surface area contributed by atoms with Gasteiger partial charge >= 0.3 is 0 Å². The molecular weight excluding hydrogens is 334 g/mol. The van der Waals surface area contributed by atoms with E-state index in [4.69, 9.17) is 4.98 Å². The molecule has 4 rings (SSSR count). The molecular formula is C17H25N7S. The van der Waals surface area contributed by atoms with E-state index in [1.165, 1.54) is 28.7 Å². The van der Waals surface area contributed by atoms with E-state index in [0.29, 0.717) is 5.78 Å². The molecule has 0 radical (unpaired) electrons. The molecule has 0 saturated carbocycles. The second-order valence-corrected chi connectivity index (χ2v) is 7.65. The van der Waals surface area contributed by atoms with Crippen molar-refractivity contribution in [1.29, 1.82) is 0 Å². The molecule has 3 aromatic rings. The number of thiophene rings is 1. The zero-order chi connectivity index (χ0) is 17.4. The molecule has 0 amide bonds. The Bertz CT molecular complexity index is 884. The first-order chi connectivity index (χ1) is 12.3. The van der Waals surface area contributed by atoms with Gasteiger partial charge in [-0.25, -0.2) is 0 Å². The largest absolute Gasteiger partial charge is 0.356 e. The summed E-state index contributed by atoms with van der Waals surface area (Å²) < 4.78 is 1.81. The Kier molecular flexibility index (Phi) is 4.56. The summed E-state index contributed by atoms with van der Waals surface area (Å²) in [6.07, 6.45) is 3.43. The Morgan fingerprint density at radius 3 is 2.88 bits per heavy atom. The summed E-state index contributed by atoms with van der Waals surface area (Å²) in [7, 11) is 0. The average molecular weight is 360 g/mol. The third kappa shape index (κ3) is 2.77. The molecule has 134 valence electrons. The molecule has 4 heterocycles. The van der Waals surface area contributed by atoms with E-state index < -0.39 is 0 Å². The van der Waals surface area contributed by atoms with Crippen LogP contribution in [-0.4, -0.2) is 56.1 Å². The van der Waals surface area contributed by atoms with Crippen molar-refractivity contribution in [1.82, 2.24) is 29.9 Å². The summed E-state index contributed by atoms with van der Waals surface area (Å²) in [4.78, 5) is 12.3. The predicted molar refractivity (Wildman–Crippen MR) is 101 cm³/mol. The molecule has 0 spiro atoms. The lowest BCUT2D eigenvalue weighted by Crippen LogP contribution is -2.29. The third-order valence-corrected chi connectivity index (χ3v) is 6.29. The van der Waals surface area contributed by atoms with Gasteiger partial charge in [0.1, 0.15) is 10.6 Å². The SMILES string of the molecule is CCCCN(CC)c1nc2nnnn2c2sc3c(c12)CCN(CC)C3. The molecule has 3 aromatic heterocycles. The first-order valence-electron chi connectivity index (χ1n) is 9.26. The molecule has 0 N–H and O–H groups in total. The number of rotatable bonds is 6. The topological polar surface area (TPSA) is 62.5 Å². The number of hydrogen-bond acceptors (Lipinski definition) is 7. The van der Waals surface area contributed by atoms with Gasteiger partial charge in [-0.3, -0.25) is 4.90 Å². The Labute approximate surface area is 151 Å². The van der Waals surface area contributed by atoms with Gasteiger partial charge in [0.2, 0.25) is 0 Å². The lowest BCUT2D eigenvalue weighted by atomic mass is 10.0. The number of tetrazole rings is 1. The molecule has 1 aliphatic heterocycles. The highest BCUT2D eigenvalue weighted by molar-refractivity contribution is 7.19. The van der Waals surface area contributed by atoms with Gasteiger partial charge in [0.15, 0.2) is 0 Å². The Morgan fingerprint density at radius 1 is 1.24 bits per heavy atom. The lowest BCUT2D eigenvalue weighted by Gasteiger charge is -2.26. The molecule has 7 nitrogen and oxygen atoms in total. The van der Waals surface area contributed by atoms with E-state index in [-0.39, 0.29) is 0 Å². The van der Waals surface area contributed by atoms with Crippen LogP contribution in [0.25, 0.3) is 16.0 Å². The van der Waals surface area contributed by atoms with Gasteiger partial charge in [-0.2, -0.15) is 9.50 Å². The maximum Gasteiger partial charge on any atom is 0.276 e. The standard InChI is InChI=1S/C17H25N7S/c1-4-7-9-23(6-3)15-14-12-8-10-22(5-2)11-13(12)25-16(14)24-17(18-15)19-20-21-24/h4-11H2,1-3H3. The summed E-state index contributed by atoms with van der Waals surface area (Å²) >= 11 is 1.83. The van der Waals surface area contributed by atoms with Crippen molar-refractivity contribution in [2.24, 2.45) is 0 Å². The molecule has 0 bridgehead atoms. The molecule has 0 unspecified atom stereocenters. The van der Waals surface area contributed by atoms with Gasteiger partial charge < -0.3 is 4.90 Å². The average Bonchev–Trinajstić information content (AvgIpc) is 3.25. The van der Waals surface area contributed by atoms with Crippen molar-refractivity contribution in [2.45, 2.75) is 46.6 Å². The smallest absolute Gasteiger partial charge is 0.276 e. The van der Waals surface area contributed by atoms with Crippen LogP contribution in [0.4, 0.5) is 5.82 Å². The fourth-order valence-corrected chi connectivity index (χ4v) is 4.95. The van der Waals surface area contributed by atoms with Gasteiger partial charge in [0.05, 0.1) is 5.39 Å². The zero-order valence-corrected chi connectivity index (χ0v) is 16.0. The van der Waals surface area contributed by atoms with E-state index in [1.54, 1.807) is 0 Å². The zero-order valence-electron chi connectivity index (χ0n) is 15.2. The number of anilines is 1. The van der Waals surface area contributed by atoms with Gasteiger partial charge in [0.25, 0.3) is 5.78 Å². The first-order valence-corrected chi connectivity index (χ1v) is 10.1. The van der Waals surface area contributed by atoms with E-state index in [2.05, 4.69) is 46.1 Å². The molecule has 0 aliphatic carbocycles. The normalized spacial score (nSPS) is 15.2. The summed E-state index contributed by atoms with van der Waals surface area (Å²) in [5, 5.41) is 13.4. The summed E-state index contributed by atoms with van der Waals surface area (Å²) in [5.41, 5.74) is 1.46. The molecule has 1 aliphatic rings. The van der Waals surface area contributed by atoms with Crippen molar-refractivity contribution in [3.8, 4) is 0 Å². The maximum atomic E-state index is 4.85. The van der Waals surface area contributed by atoms with Gasteiger partial charge in [-0.15, -0.1) is 11.3 Å². The van der Waals surface area contributed by atoms with Crippen LogP contribution >= 0.6 is 11.3 Å². The van der Waals surface area contributed by atoms with Gasteiger partial charge in [-0.1, -0.05) is 25.4 Å². The van der Waals surface area contributed by atoms with E-state index in [0.717, 1.165) is 49.8 Å². The highest BCUT2D eigenvalue weighted by Gasteiger charge is 2.26. The fraction of sp³-hybridized carbons (Fsp3) is 0.647. The van der Waals surface area contributed by atoms with Crippen molar-refractivity contribution >= 4 is 33.1 Å². The fourth-order valence-electron chi connectivity index (χ4n) is 3.62. The summed E-state index contributed by atoms with van der Waals surface area (Å²) in [6, 6.07) is 0. The van der Waals surface area contributed by atoms with Crippen LogP contribution in [0, 0.1) is 0 Å². The highest BCUT2D eigenvalue weighted by Crippen LogP contribution is 2.39. The molecule has 8 heteroatoms. The second-order valence-electron chi connectivity index (χ2n) is 6.56. The number of likely N-dealkylation sites (N-methyl/N-ethyl adjacent to an activating group) is 1. The molecule has 0 atom stereocenters. The first kappa shape index (κ1) is 16.7. The predicted octanol–water partition coefficient (Wildman–Crippen LogP) is 2.74. The number of aromatic nitrogens is 5. The number of nitrogens with zero attached hydrogens (tertiary/aromatic N) is 7. The Balaban J connectivity index is 1.92. The minimum Gasteiger partial charge on any atom is -0.356 e. The quantitative estimate of drug-likeness (QED) is 0.674. The van der Waals surface area contributed by atoms with Gasteiger partial charge in [0, 0.05) is 31.1 Å². The van der Waals surface area contributed by atoms with Crippen LogP contribution in [0.3, 0.4) is 0 Å². The lowest BCUT2D eigenvalue weighted by molar-refractivity contribution is 0.272. The highest BCUT2D eigenvalue weighted by atomic mass is 32.1. The van der Waals surface area contributed by atoms with Crippen LogP contribution in [0.15, 0.2) is 0 Å². The second kappa shape index (κ2) is 6.84. The molecule has 25 heavy (non-hydrogen) atoms. The summed E-state index contributed by atoms with van der Waals surface area (Å²) in [5.74, 6) is 1.67. The Morgan fingerprint density at radius 2 is 2.12 bits per heavy atom. The molecule has 0 saturated heterocycles. The number of unbranched alkanes of at least 4 members (excludes halogenated alkanes) is 1. The van der Waals surface area contributed by atoms with Crippen LogP contribution in [-0.2, 0) is 13.0 Å². The van der Waals surface area contributed by atoms with Crippen molar-refractivity contribution < 1.29 is 0 Å². The van der Waals surface area contributed by atoms with Crippen LogP contribution in [0.2, 0.25) is 0 Å². The molecule has 0 fully saturated rings. The van der Waals surface area contributed by atoms with E-state index in [1.807, 2.05) is 15.9 Å². The molecule has 0 aromatic carbocycles. The minimum atomic E-state index is 0.600. The van der Waals surface area contributed by atoms with Crippen molar-refractivity contribution in [3.63, 3.8) is 0 Å². The van der Waals surface area contributed by atoms with Crippen LogP contribution < -0.4 is 4.90 Å². The number of hydrogen-bond donors (Lipinski definition) is 0. The third-order valence-electron chi connectivity index (χ3n) is 5.10. The maximum absolute atomic E-state index is 4.85. The van der Waals surface area contributed by atoms with Gasteiger partial charge in [-0.05, 0) is 42.3 Å². The monoisotopic (exact) mass is 359 g/mol. The van der Waals surface area contributed by atoms with Crippen LogP contribution in [0.5, 0.6) is 0 Å². The van der Waals surface area contributed by atoms with E-state index in [9.17, 15) is 0 Å². The van der Waals surface area contributed by atoms with Crippen molar-refractivity contribution in [3.05, 3.63) is 10.4 Å². The Hall–Kier alpha value is -1.80.